The number of rotatable bonds is 7. The Morgan fingerprint density at radius 1 is 1.17 bits per heavy atom. The normalized spacial score (nSPS) is 10.3. The quantitative estimate of drug-likeness (QED) is 0.748. The lowest BCUT2D eigenvalue weighted by Crippen LogP contribution is -2.43. The van der Waals surface area contributed by atoms with Gasteiger partial charge in [-0.2, -0.15) is 0 Å². The van der Waals surface area contributed by atoms with Crippen LogP contribution in [0.5, 0.6) is 0 Å². The lowest BCUT2D eigenvalue weighted by molar-refractivity contribution is -0.122. The number of carbonyl (C=O) groups is 3. The highest BCUT2D eigenvalue weighted by atomic mass is 79.9. The minimum absolute atomic E-state index is 0.0409. The van der Waals surface area contributed by atoms with E-state index in [2.05, 4.69) is 31.3 Å². The van der Waals surface area contributed by atoms with E-state index >= 15 is 0 Å². The number of benzene rings is 1. The van der Waals surface area contributed by atoms with Gasteiger partial charge >= 0.3 is 6.09 Å². The average Bonchev–Trinajstić information content (AvgIpc) is 2.46. The standard InChI is InChI=1S/C15H20BrN3O4/c1-3-19(10-14(21)18-15(22)23-4-2)9-13(20)17-12-7-5-6-11(16)8-12/h5-8H,3-4,9-10H2,1-2H3,(H,17,20)(H,18,21,22). The van der Waals surface area contributed by atoms with E-state index in [9.17, 15) is 14.4 Å². The summed E-state index contributed by atoms with van der Waals surface area (Å²) >= 11 is 3.33. The second kappa shape index (κ2) is 9.96. The van der Waals surface area contributed by atoms with E-state index in [1.807, 2.05) is 19.1 Å². The molecular formula is C15H20BrN3O4. The third-order valence-electron chi connectivity index (χ3n) is 2.81. The molecule has 0 spiro atoms. The predicted molar refractivity (Wildman–Crippen MR) is 90.1 cm³/mol. The first kappa shape index (κ1) is 19.1. The van der Waals surface area contributed by atoms with Gasteiger partial charge in [0.05, 0.1) is 19.7 Å². The SMILES string of the molecule is CCOC(=O)NC(=O)CN(CC)CC(=O)Nc1cccc(Br)c1. The summed E-state index contributed by atoms with van der Waals surface area (Å²) in [5.74, 6) is -0.755. The molecule has 0 heterocycles. The number of likely N-dealkylation sites (N-methyl/N-ethyl adjacent to an activating group) is 1. The van der Waals surface area contributed by atoms with Crippen molar-refractivity contribution >= 4 is 39.5 Å². The molecule has 3 amide bonds. The molecule has 7 nitrogen and oxygen atoms in total. The van der Waals surface area contributed by atoms with Crippen LogP contribution in [0.15, 0.2) is 28.7 Å². The molecule has 8 heteroatoms. The van der Waals surface area contributed by atoms with Gasteiger partial charge in [0.1, 0.15) is 0 Å². The van der Waals surface area contributed by atoms with Crippen molar-refractivity contribution in [2.24, 2.45) is 0 Å². The summed E-state index contributed by atoms with van der Waals surface area (Å²) in [6.45, 7) is 4.12. The molecule has 126 valence electrons. The Bertz CT molecular complexity index is 565. The molecule has 2 N–H and O–H groups in total. The number of carbonyl (C=O) groups excluding carboxylic acids is 3. The first-order valence-corrected chi connectivity index (χ1v) is 7.98. The topological polar surface area (TPSA) is 87.7 Å². The lowest BCUT2D eigenvalue weighted by Gasteiger charge is -2.19. The number of imide groups is 1. The van der Waals surface area contributed by atoms with Gasteiger partial charge in [0.15, 0.2) is 0 Å². The molecule has 0 aliphatic heterocycles. The number of nitrogens with one attached hydrogen (secondary N) is 2. The molecule has 0 bridgehead atoms. The molecule has 0 saturated heterocycles. The number of amides is 3. The minimum atomic E-state index is -0.785. The molecule has 1 rings (SSSR count). The van der Waals surface area contributed by atoms with Crippen molar-refractivity contribution in [1.82, 2.24) is 10.2 Å². The van der Waals surface area contributed by atoms with Gasteiger partial charge in [-0.1, -0.05) is 28.9 Å². The Kier molecular flexibility index (Phi) is 8.28. The van der Waals surface area contributed by atoms with Crippen molar-refractivity contribution in [3.63, 3.8) is 0 Å². The highest BCUT2D eigenvalue weighted by Gasteiger charge is 2.15. The minimum Gasteiger partial charge on any atom is -0.450 e. The first-order chi connectivity index (χ1) is 10.9. The van der Waals surface area contributed by atoms with Crippen molar-refractivity contribution in [2.45, 2.75) is 13.8 Å². The molecular weight excluding hydrogens is 366 g/mol. The number of anilines is 1. The zero-order valence-electron chi connectivity index (χ0n) is 13.1. The molecule has 0 aromatic heterocycles. The smallest absolute Gasteiger partial charge is 0.413 e. The summed E-state index contributed by atoms with van der Waals surface area (Å²) in [4.78, 5) is 36.5. The van der Waals surface area contributed by atoms with Crippen LogP contribution in [0.3, 0.4) is 0 Å². The van der Waals surface area contributed by atoms with Gasteiger partial charge in [-0.05, 0) is 31.7 Å². The molecule has 23 heavy (non-hydrogen) atoms. The Morgan fingerprint density at radius 3 is 2.48 bits per heavy atom. The van der Waals surface area contributed by atoms with Crippen LogP contribution in [0, 0.1) is 0 Å². The van der Waals surface area contributed by atoms with Gasteiger partial charge in [-0.25, -0.2) is 4.79 Å². The molecule has 1 aromatic rings. The Labute approximate surface area is 143 Å². The number of nitrogens with zero attached hydrogens (tertiary/aromatic N) is 1. The van der Waals surface area contributed by atoms with E-state index in [1.54, 1.807) is 24.0 Å². The largest absolute Gasteiger partial charge is 0.450 e. The zero-order valence-corrected chi connectivity index (χ0v) is 14.7. The summed E-state index contributed by atoms with van der Waals surface area (Å²) < 4.78 is 5.48. The van der Waals surface area contributed by atoms with Gasteiger partial charge in [-0.3, -0.25) is 19.8 Å². The van der Waals surface area contributed by atoms with E-state index in [1.165, 1.54) is 0 Å². The second-order valence-electron chi connectivity index (χ2n) is 4.63. The summed E-state index contributed by atoms with van der Waals surface area (Å²) in [6.07, 6.45) is -0.785. The molecule has 0 unspecified atom stereocenters. The van der Waals surface area contributed by atoms with Crippen molar-refractivity contribution < 1.29 is 19.1 Å². The van der Waals surface area contributed by atoms with E-state index in [0.29, 0.717) is 12.2 Å². The number of alkyl carbamates (subject to hydrolysis) is 1. The van der Waals surface area contributed by atoms with Crippen molar-refractivity contribution in [1.29, 1.82) is 0 Å². The van der Waals surface area contributed by atoms with E-state index in [0.717, 1.165) is 4.47 Å². The summed E-state index contributed by atoms with van der Waals surface area (Å²) in [5.41, 5.74) is 0.663. The Balaban J connectivity index is 2.47. The summed E-state index contributed by atoms with van der Waals surface area (Å²) in [6, 6.07) is 7.21. The Morgan fingerprint density at radius 2 is 1.87 bits per heavy atom. The van der Waals surface area contributed by atoms with Gasteiger partial charge in [-0.15, -0.1) is 0 Å². The molecule has 0 fully saturated rings. The third kappa shape index (κ3) is 7.75. The van der Waals surface area contributed by atoms with Gasteiger partial charge in [0, 0.05) is 10.2 Å². The van der Waals surface area contributed by atoms with Crippen LogP contribution in [0.4, 0.5) is 10.5 Å². The van der Waals surface area contributed by atoms with Crippen LogP contribution in [0.1, 0.15) is 13.8 Å². The maximum absolute atomic E-state index is 12.0. The maximum Gasteiger partial charge on any atom is 0.413 e. The van der Waals surface area contributed by atoms with Crippen molar-refractivity contribution in [2.75, 3.05) is 31.6 Å². The molecule has 1 aromatic carbocycles. The molecule has 0 aliphatic carbocycles. The monoisotopic (exact) mass is 385 g/mol. The van der Waals surface area contributed by atoms with Crippen molar-refractivity contribution in [3.8, 4) is 0 Å². The second-order valence-corrected chi connectivity index (χ2v) is 5.55. The average molecular weight is 386 g/mol. The fourth-order valence-electron chi connectivity index (χ4n) is 1.77. The maximum atomic E-state index is 12.0. The molecule has 0 radical (unpaired) electrons. The third-order valence-corrected chi connectivity index (χ3v) is 3.30. The highest BCUT2D eigenvalue weighted by Crippen LogP contribution is 2.15. The highest BCUT2D eigenvalue weighted by molar-refractivity contribution is 9.10. The van der Waals surface area contributed by atoms with Crippen LogP contribution in [0.25, 0.3) is 0 Å². The van der Waals surface area contributed by atoms with Gasteiger partial charge in [0.25, 0.3) is 0 Å². The van der Waals surface area contributed by atoms with Gasteiger partial charge < -0.3 is 10.1 Å². The van der Waals surface area contributed by atoms with E-state index in [-0.39, 0.29) is 25.6 Å². The zero-order chi connectivity index (χ0) is 17.2. The van der Waals surface area contributed by atoms with Crippen LogP contribution in [-0.2, 0) is 14.3 Å². The lowest BCUT2D eigenvalue weighted by atomic mass is 10.3. The van der Waals surface area contributed by atoms with Crippen LogP contribution >= 0.6 is 15.9 Å². The van der Waals surface area contributed by atoms with E-state index in [4.69, 9.17) is 0 Å². The molecule has 0 atom stereocenters. The van der Waals surface area contributed by atoms with Crippen LogP contribution in [0.2, 0.25) is 0 Å². The fourth-order valence-corrected chi connectivity index (χ4v) is 2.17. The fraction of sp³-hybridized carbons (Fsp3) is 0.400. The summed E-state index contributed by atoms with van der Waals surface area (Å²) in [7, 11) is 0. The number of hydrogen-bond acceptors (Lipinski definition) is 5. The first-order valence-electron chi connectivity index (χ1n) is 7.19. The predicted octanol–water partition coefficient (Wildman–Crippen LogP) is 1.98. The van der Waals surface area contributed by atoms with E-state index < -0.39 is 12.0 Å². The summed E-state index contributed by atoms with van der Waals surface area (Å²) in [5, 5.41) is 4.84. The van der Waals surface area contributed by atoms with Crippen LogP contribution < -0.4 is 10.6 Å². The number of hydrogen-bond donors (Lipinski definition) is 2. The molecule has 0 aliphatic rings. The van der Waals surface area contributed by atoms with Crippen molar-refractivity contribution in [3.05, 3.63) is 28.7 Å². The number of halogens is 1. The van der Waals surface area contributed by atoms with Crippen LogP contribution in [-0.4, -0.2) is 49.0 Å². The Hall–Kier alpha value is -1.93. The van der Waals surface area contributed by atoms with Gasteiger partial charge in [0.2, 0.25) is 11.8 Å². The number of ether oxygens (including phenoxy) is 1. The molecule has 0 saturated carbocycles.